The Balaban J connectivity index is 1.79. The molecule has 0 saturated carbocycles. The first kappa shape index (κ1) is 21.8. The van der Waals surface area contributed by atoms with Gasteiger partial charge in [0.2, 0.25) is 0 Å². The topological polar surface area (TPSA) is 75.8 Å². The van der Waals surface area contributed by atoms with E-state index < -0.39 is 0 Å². The highest BCUT2D eigenvalue weighted by Crippen LogP contribution is 2.35. The number of anilines is 1. The van der Waals surface area contributed by atoms with Gasteiger partial charge in [-0.3, -0.25) is 0 Å². The van der Waals surface area contributed by atoms with Crippen molar-refractivity contribution in [3.63, 3.8) is 0 Å². The number of nitrogens with one attached hydrogen (secondary N) is 1. The lowest BCUT2D eigenvalue weighted by Gasteiger charge is -2.25. The molecule has 6 nitrogen and oxygen atoms in total. The molecular formula is C25H24BrN5O. The molecule has 2 aromatic heterocycles. The standard InChI is InChI=1S/C25H24BrN5O/c1-16(20-12-17(15-27)6-9-22(20)31-11-5-10-28-31)32-23-14-18-13-19(26)7-8-21(18)29-24(23)30-25(2,3)4/h5-14,16H,1-4H3,(H,29,30). The minimum atomic E-state index is -0.352. The summed E-state index contributed by atoms with van der Waals surface area (Å²) in [4.78, 5) is 4.83. The quantitative estimate of drug-likeness (QED) is 0.350. The van der Waals surface area contributed by atoms with E-state index in [1.807, 2.05) is 55.6 Å². The van der Waals surface area contributed by atoms with Crippen molar-refractivity contribution in [3.05, 3.63) is 76.5 Å². The summed E-state index contributed by atoms with van der Waals surface area (Å²) in [6.45, 7) is 8.22. The summed E-state index contributed by atoms with van der Waals surface area (Å²) < 4.78 is 9.23. The van der Waals surface area contributed by atoms with E-state index in [4.69, 9.17) is 9.72 Å². The van der Waals surface area contributed by atoms with Crippen LogP contribution in [0.4, 0.5) is 5.82 Å². The summed E-state index contributed by atoms with van der Waals surface area (Å²) in [5.41, 5.74) is 2.98. The van der Waals surface area contributed by atoms with Crippen molar-refractivity contribution < 1.29 is 4.74 Å². The highest BCUT2D eigenvalue weighted by molar-refractivity contribution is 9.10. The molecule has 4 rings (SSSR count). The van der Waals surface area contributed by atoms with Crippen molar-refractivity contribution in [1.82, 2.24) is 14.8 Å². The summed E-state index contributed by atoms with van der Waals surface area (Å²) >= 11 is 3.53. The number of benzene rings is 2. The second-order valence-corrected chi connectivity index (χ2v) is 9.56. The molecule has 0 fully saturated rings. The van der Waals surface area contributed by atoms with Crippen molar-refractivity contribution in [2.75, 3.05) is 5.32 Å². The summed E-state index contributed by atoms with van der Waals surface area (Å²) in [6, 6.07) is 17.6. The Morgan fingerprint density at radius 1 is 1.16 bits per heavy atom. The Labute approximate surface area is 196 Å². The second kappa shape index (κ2) is 8.64. The number of aromatic nitrogens is 3. The van der Waals surface area contributed by atoms with Crippen LogP contribution in [0.1, 0.15) is 44.9 Å². The largest absolute Gasteiger partial charge is 0.482 e. The number of fused-ring (bicyclic) bond motifs is 1. The molecule has 162 valence electrons. The molecule has 1 N–H and O–H groups in total. The maximum absolute atomic E-state index is 9.43. The average Bonchev–Trinajstić information content (AvgIpc) is 3.27. The lowest BCUT2D eigenvalue weighted by molar-refractivity contribution is 0.227. The maximum atomic E-state index is 9.43. The Morgan fingerprint density at radius 3 is 2.66 bits per heavy atom. The van der Waals surface area contributed by atoms with Gasteiger partial charge in [0.05, 0.1) is 22.8 Å². The molecule has 0 radical (unpaired) electrons. The van der Waals surface area contributed by atoms with Gasteiger partial charge in [-0.05, 0) is 76.2 Å². The van der Waals surface area contributed by atoms with Gasteiger partial charge in [-0.25, -0.2) is 9.67 Å². The molecule has 2 heterocycles. The van der Waals surface area contributed by atoms with Crippen LogP contribution in [0.15, 0.2) is 65.4 Å². The molecule has 0 amide bonds. The molecule has 1 atom stereocenters. The number of nitriles is 1. The van der Waals surface area contributed by atoms with Gasteiger partial charge < -0.3 is 10.1 Å². The second-order valence-electron chi connectivity index (χ2n) is 8.64. The van der Waals surface area contributed by atoms with Crippen LogP contribution in [-0.4, -0.2) is 20.3 Å². The van der Waals surface area contributed by atoms with Gasteiger partial charge >= 0.3 is 0 Å². The van der Waals surface area contributed by atoms with E-state index >= 15 is 0 Å². The number of nitrogens with zero attached hydrogens (tertiary/aromatic N) is 4. The van der Waals surface area contributed by atoms with Gasteiger partial charge in [0.25, 0.3) is 0 Å². The first-order valence-corrected chi connectivity index (χ1v) is 11.1. The molecule has 1 unspecified atom stereocenters. The third-order valence-electron chi connectivity index (χ3n) is 4.88. The van der Waals surface area contributed by atoms with Gasteiger partial charge in [-0.1, -0.05) is 15.9 Å². The van der Waals surface area contributed by atoms with Crippen molar-refractivity contribution in [1.29, 1.82) is 5.26 Å². The maximum Gasteiger partial charge on any atom is 0.169 e. The molecule has 0 saturated heterocycles. The van der Waals surface area contributed by atoms with Crippen molar-refractivity contribution in [2.45, 2.75) is 39.3 Å². The number of pyridine rings is 1. The lowest BCUT2D eigenvalue weighted by Crippen LogP contribution is -2.27. The minimum Gasteiger partial charge on any atom is -0.482 e. The van der Waals surface area contributed by atoms with E-state index in [0.29, 0.717) is 17.1 Å². The Kier molecular flexibility index (Phi) is 5.90. The van der Waals surface area contributed by atoms with E-state index in [-0.39, 0.29) is 11.6 Å². The third-order valence-corrected chi connectivity index (χ3v) is 5.38. The van der Waals surface area contributed by atoms with Gasteiger partial charge in [0, 0.05) is 33.4 Å². The van der Waals surface area contributed by atoms with Crippen LogP contribution in [0.25, 0.3) is 16.6 Å². The van der Waals surface area contributed by atoms with Crippen molar-refractivity contribution in [3.8, 4) is 17.5 Å². The molecule has 32 heavy (non-hydrogen) atoms. The van der Waals surface area contributed by atoms with Crippen molar-refractivity contribution in [2.24, 2.45) is 0 Å². The molecule has 0 aliphatic carbocycles. The molecule has 7 heteroatoms. The number of hydrogen-bond acceptors (Lipinski definition) is 5. The lowest BCUT2D eigenvalue weighted by atomic mass is 10.0. The van der Waals surface area contributed by atoms with Gasteiger partial charge in [-0.15, -0.1) is 0 Å². The predicted octanol–water partition coefficient (Wildman–Crippen LogP) is 6.41. The van der Waals surface area contributed by atoms with Gasteiger partial charge in [0.1, 0.15) is 6.10 Å². The molecule has 0 spiro atoms. The molecule has 0 aliphatic heterocycles. The average molecular weight is 490 g/mol. The van der Waals surface area contributed by atoms with Crippen LogP contribution >= 0.6 is 15.9 Å². The molecule has 4 aromatic rings. The zero-order valence-corrected chi connectivity index (χ0v) is 20.0. The monoisotopic (exact) mass is 489 g/mol. The zero-order chi connectivity index (χ0) is 22.9. The number of rotatable bonds is 5. The smallest absolute Gasteiger partial charge is 0.169 e. The third kappa shape index (κ3) is 4.76. The predicted molar refractivity (Wildman–Crippen MR) is 130 cm³/mol. The fraction of sp³-hybridized carbons (Fsp3) is 0.240. The highest BCUT2D eigenvalue weighted by atomic mass is 79.9. The SMILES string of the molecule is CC(Oc1cc2cc(Br)ccc2nc1NC(C)(C)C)c1cc(C#N)ccc1-n1cccn1. The van der Waals surface area contributed by atoms with E-state index in [1.165, 1.54) is 0 Å². The first-order chi connectivity index (χ1) is 15.2. The van der Waals surface area contributed by atoms with Crippen molar-refractivity contribution >= 4 is 32.7 Å². The number of halogens is 1. The molecule has 0 aliphatic rings. The molecular weight excluding hydrogens is 466 g/mol. The number of ether oxygens (including phenoxy) is 1. The highest BCUT2D eigenvalue weighted by Gasteiger charge is 2.20. The zero-order valence-electron chi connectivity index (χ0n) is 18.4. The Bertz CT molecular complexity index is 1300. The molecule has 0 bridgehead atoms. The van der Waals surface area contributed by atoms with E-state index in [0.717, 1.165) is 26.6 Å². The van der Waals surface area contributed by atoms with Crippen LogP contribution in [0, 0.1) is 11.3 Å². The van der Waals surface area contributed by atoms with Gasteiger partial charge in [-0.2, -0.15) is 10.4 Å². The van der Waals surface area contributed by atoms with Crippen LogP contribution in [0.2, 0.25) is 0 Å². The van der Waals surface area contributed by atoms with E-state index in [2.05, 4.69) is 53.2 Å². The first-order valence-electron chi connectivity index (χ1n) is 10.3. The fourth-order valence-electron chi connectivity index (χ4n) is 3.49. The number of hydrogen-bond donors (Lipinski definition) is 1. The fourth-order valence-corrected chi connectivity index (χ4v) is 3.86. The summed E-state index contributed by atoms with van der Waals surface area (Å²) in [5, 5.41) is 18.2. The minimum absolute atomic E-state index is 0.196. The summed E-state index contributed by atoms with van der Waals surface area (Å²) in [5.74, 6) is 1.32. The van der Waals surface area contributed by atoms with Crippen LogP contribution < -0.4 is 10.1 Å². The van der Waals surface area contributed by atoms with Crippen LogP contribution in [0.3, 0.4) is 0 Å². The van der Waals surface area contributed by atoms with E-state index in [9.17, 15) is 5.26 Å². The Morgan fingerprint density at radius 2 is 1.97 bits per heavy atom. The normalized spacial score (nSPS) is 12.4. The van der Waals surface area contributed by atoms with Gasteiger partial charge in [0.15, 0.2) is 11.6 Å². The van der Waals surface area contributed by atoms with Crippen LogP contribution in [0.5, 0.6) is 5.75 Å². The summed E-state index contributed by atoms with van der Waals surface area (Å²) in [7, 11) is 0. The summed E-state index contributed by atoms with van der Waals surface area (Å²) in [6.07, 6.45) is 3.25. The van der Waals surface area contributed by atoms with Crippen LogP contribution in [-0.2, 0) is 0 Å². The van der Waals surface area contributed by atoms with E-state index in [1.54, 1.807) is 16.9 Å². The Hall–Kier alpha value is -3.37. The molecule has 2 aromatic carbocycles.